The van der Waals surface area contributed by atoms with E-state index in [0.29, 0.717) is 5.02 Å². The molecule has 0 unspecified atom stereocenters. The van der Waals surface area contributed by atoms with Gasteiger partial charge in [-0.3, -0.25) is 4.79 Å². The van der Waals surface area contributed by atoms with Gasteiger partial charge in [0.25, 0.3) is 5.91 Å². The number of hydrogen-bond donors (Lipinski definition) is 1. The Labute approximate surface area is 107 Å². The summed E-state index contributed by atoms with van der Waals surface area (Å²) in [6.45, 7) is 0. The summed E-state index contributed by atoms with van der Waals surface area (Å²) in [4.78, 5) is 11.4. The number of carbonyl (C=O) groups excluding carboxylic acids is 1. The fraction of sp³-hybridized carbons (Fsp3) is 0.111. The second kappa shape index (κ2) is 5.37. The minimum atomic E-state index is -0.603. The maximum Gasteiger partial charge on any atom is 0.255 e. The molecule has 0 aliphatic heterocycles. The molecule has 0 aliphatic carbocycles. The number of hydrogen-bond acceptors (Lipinski definition) is 3. The summed E-state index contributed by atoms with van der Waals surface area (Å²) in [6, 6.07) is 4.50. The topological polar surface area (TPSA) is 70.1 Å². The Morgan fingerprint density at radius 1 is 1.38 bits per heavy atom. The van der Waals surface area contributed by atoms with Gasteiger partial charge in [0, 0.05) is 5.02 Å². The normalized spacial score (nSPS) is 9.69. The molecule has 0 spiro atoms. The number of rotatable bonds is 2. The minimum absolute atomic E-state index is 0.132. The molecule has 0 fully saturated rings. The second-order valence-electron chi connectivity index (χ2n) is 2.82. The van der Waals surface area contributed by atoms with Crippen molar-refractivity contribution in [2.75, 3.05) is 5.01 Å². The van der Waals surface area contributed by atoms with E-state index in [1.165, 1.54) is 12.1 Å². The first-order chi connectivity index (χ1) is 7.47. The molecule has 0 aromatic heterocycles. The van der Waals surface area contributed by atoms with Crippen molar-refractivity contribution in [3.63, 3.8) is 0 Å². The van der Waals surface area contributed by atoms with Crippen molar-refractivity contribution in [1.82, 2.24) is 0 Å². The van der Waals surface area contributed by atoms with E-state index in [1.807, 2.05) is 0 Å². The molecular formula is C9H6Cl3N3O. The van der Waals surface area contributed by atoms with Gasteiger partial charge in [0.1, 0.15) is 6.42 Å². The molecule has 16 heavy (non-hydrogen) atoms. The van der Waals surface area contributed by atoms with Gasteiger partial charge in [-0.25, -0.2) is 10.9 Å². The van der Waals surface area contributed by atoms with E-state index in [0.717, 1.165) is 5.01 Å². The lowest BCUT2D eigenvalue weighted by Crippen LogP contribution is -2.37. The molecule has 0 saturated heterocycles. The van der Waals surface area contributed by atoms with Gasteiger partial charge in [0.2, 0.25) is 0 Å². The second-order valence-corrected chi connectivity index (χ2v) is 4.07. The maximum absolute atomic E-state index is 11.4. The molecule has 1 aromatic rings. The monoisotopic (exact) mass is 277 g/mol. The van der Waals surface area contributed by atoms with E-state index in [-0.39, 0.29) is 22.2 Å². The Balaban J connectivity index is 3.14. The van der Waals surface area contributed by atoms with Crippen molar-refractivity contribution in [3.8, 4) is 6.07 Å². The summed E-state index contributed by atoms with van der Waals surface area (Å²) >= 11 is 17.4. The number of benzene rings is 1. The molecule has 0 aliphatic rings. The number of anilines is 1. The van der Waals surface area contributed by atoms with Crippen LogP contribution in [-0.4, -0.2) is 5.91 Å². The van der Waals surface area contributed by atoms with Gasteiger partial charge in [-0.05, 0) is 12.1 Å². The van der Waals surface area contributed by atoms with Crippen molar-refractivity contribution in [3.05, 3.63) is 27.2 Å². The minimum Gasteiger partial charge on any atom is -0.272 e. The molecule has 0 atom stereocenters. The molecule has 1 aromatic carbocycles. The number of nitrogens with zero attached hydrogens (tertiary/aromatic N) is 2. The maximum atomic E-state index is 11.4. The van der Waals surface area contributed by atoms with Crippen molar-refractivity contribution < 1.29 is 4.79 Å². The molecule has 0 bridgehead atoms. The number of nitrogens with two attached hydrogens (primary N) is 1. The van der Waals surface area contributed by atoms with Crippen molar-refractivity contribution >= 4 is 46.4 Å². The summed E-state index contributed by atoms with van der Waals surface area (Å²) in [6.07, 6.45) is -0.355. The highest BCUT2D eigenvalue weighted by atomic mass is 35.5. The third kappa shape index (κ3) is 2.77. The first kappa shape index (κ1) is 13.1. The molecular weight excluding hydrogens is 272 g/mol. The molecule has 2 N–H and O–H groups in total. The molecule has 7 heteroatoms. The van der Waals surface area contributed by atoms with E-state index < -0.39 is 5.91 Å². The number of halogens is 3. The SMILES string of the molecule is N#CCC(=O)N(N)c1c(Cl)cc(Cl)cc1Cl. The summed E-state index contributed by atoms with van der Waals surface area (Å²) in [5, 5.41) is 9.74. The number of carbonyl (C=O) groups is 1. The highest BCUT2D eigenvalue weighted by Gasteiger charge is 2.18. The molecule has 1 rings (SSSR count). The summed E-state index contributed by atoms with van der Waals surface area (Å²) in [7, 11) is 0. The molecule has 84 valence electrons. The number of nitriles is 1. The number of amides is 1. The smallest absolute Gasteiger partial charge is 0.255 e. The standard InChI is InChI=1S/C9H6Cl3N3O/c10-5-3-6(11)9(7(12)4-5)15(14)8(16)1-2-13/h3-4H,1,14H2. The zero-order valence-corrected chi connectivity index (χ0v) is 10.1. The Kier molecular flexibility index (Phi) is 4.39. The summed E-state index contributed by atoms with van der Waals surface area (Å²) in [5.74, 6) is 4.89. The third-order valence-corrected chi connectivity index (χ3v) is 2.52. The highest BCUT2D eigenvalue weighted by molar-refractivity contribution is 6.42. The highest BCUT2D eigenvalue weighted by Crippen LogP contribution is 2.35. The Bertz CT molecular complexity index is 447. The van der Waals surface area contributed by atoms with Crippen LogP contribution in [0.5, 0.6) is 0 Å². The van der Waals surface area contributed by atoms with Gasteiger partial charge < -0.3 is 0 Å². The third-order valence-electron chi connectivity index (χ3n) is 1.72. The fourth-order valence-electron chi connectivity index (χ4n) is 1.04. The molecule has 0 radical (unpaired) electrons. The van der Waals surface area contributed by atoms with Crippen LogP contribution in [0, 0.1) is 11.3 Å². The van der Waals surface area contributed by atoms with Crippen molar-refractivity contribution in [2.24, 2.45) is 5.84 Å². The fourth-order valence-corrected chi connectivity index (χ4v) is 2.04. The van der Waals surface area contributed by atoms with Crippen LogP contribution < -0.4 is 10.9 Å². The van der Waals surface area contributed by atoms with Gasteiger partial charge in [-0.15, -0.1) is 0 Å². The van der Waals surface area contributed by atoms with Crippen LogP contribution in [0.25, 0.3) is 0 Å². The lowest BCUT2D eigenvalue weighted by atomic mass is 10.3. The molecule has 0 saturated carbocycles. The lowest BCUT2D eigenvalue weighted by Gasteiger charge is -2.18. The van der Waals surface area contributed by atoms with Crippen LogP contribution in [-0.2, 0) is 4.79 Å². The first-order valence-electron chi connectivity index (χ1n) is 4.06. The summed E-state index contributed by atoms with van der Waals surface area (Å²) < 4.78 is 0. The van der Waals surface area contributed by atoms with Crippen molar-refractivity contribution in [2.45, 2.75) is 6.42 Å². The lowest BCUT2D eigenvalue weighted by molar-refractivity contribution is -0.117. The summed E-state index contributed by atoms with van der Waals surface area (Å²) in [5.41, 5.74) is 0.132. The van der Waals surface area contributed by atoms with Crippen LogP contribution in [0.15, 0.2) is 12.1 Å². The zero-order valence-electron chi connectivity index (χ0n) is 7.88. The van der Waals surface area contributed by atoms with Crippen LogP contribution in [0.2, 0.25) is 15.1 Å². The molecule has 1 amide bonds. The van der Waals surface area contributed by atoms with Crippen LogP contribution in [0.4, 0.5) is 5.69 Å². The van der Waals surface area contributed by atoms with Gasteiger partial charge in [0.05, 0.1) is 21.8 Å². The first-order valence-corrected chi connectivity index (χ1v) is 5.20. The molecule has 0 heterocycles. The largest absolute Gasteiger partial charge is 0.272 e. The van der Waals surface area contributed by atoms with Crippen LogP contribution >= 0.6 is 34.8 Å². The zero-order chi connectivity index (χ0) is 12.3. The van der Waals surface area contributed by atoms with E-state index in [1.54, 1.807) is 6.07 Å². The Hall–Kier alpha value is -0.990. The number of hydrazine groups is 1. The average Bonchev–Trinajstić information content (AvgIpc) is 2.16. The van der Waals surface area contributed by atoms with E-state index in [9.17, 15) is 4.79 Å². The van der Waals surface area contributed by atoms with Crippen molar-refractivity contribution in [1.29, 1.82) is 5.26 Å². The van der Waals surface area contributed by atoms with E-state index in [4.69, 9.17) is 45.9 Å². The quantitative estimate of drug-likeness (QED) is 0.514. The van der Waals surface area contributed by atoms with Gasteiger partial charge in [-0.2, -0.15) is 5.26 Å². The Morgan fingerprint density at radius 2 is 1.88 bits per heavy atom. The predicted molar refractivity (Wildman–Crippen MR) is 63.4 cm³/mol. The average molecular weight is 279 g/mol. The molecule has 4 nitrogen and oxygen atoms in total. The van der Waals surface area contributed by atoms with E-state index in [2.05, 4.69) is 0 Å². The predicted octanol–water partition coefficient (Wildman–Crippen LogP) is 2.77. The van der Waals surface area contributed by atoms with Gasteiger partial charge in [-0.1, -0.05) is 34.8 Å². The van der Waals surface area contributed by atoms with Gasteiger partial charge >= 0.3 is 0 Å². The van der Waals surface area contributed by atoms with Crippen LogP contribution in [0.1, 0.15) is 6.42 Å². The van der Waals surface area contributed by atoms with Crippen LogP contribution in [0.3, 0.4) is 0 Å². The van der Waals surface area contributed by atoms with Gasteiger partial charge in [0.15, 0.2) is 0 Å². The van der Waals surface area contributed by atoms with E-state index >= 15 is 0 Å². The Morgan fingerprint density at radius 3 is 2.31 bits per heavy atom.